The highest BCUT2D eigenvalue weighted by Gasteiger charge is 2.12. The third-order valence-electron chi connectivity index (χ3n) is 1.80. The van der Waals surface area contributed by atoms with Gasteiger partial charge in [0.15, 0.2) is 5.11 Å². The molecule has 3 nitrogen and oxygen atoms in total. The molecule has 0 atom stereocenters. The zero-order valence-electron chi connectivity index (χ0n) is 10.2. The van der Waals surface area contributed by atoms with E-state index in [1.807, 2.05) is 20.8 Å². The molecule has 0 aliphatic heterocycles. The molecule has 0 saturated carbocycles. The van der Waals surface area contributed by atoms with Crippen LogP contribution in [0.5, 0.6) is 0 Å². The van der Waals surface area contributed by atoms with Crippen LogP contribution in [0.1, 0.15) is 20.8 Å². The summed E-state index contributed by atoms with van der Waals surface area (Å²) in [7, 11) is 0. The molecule has 0 aromatic heterocycles. The quantitative estimate of drug-likeness (QED) is 0.561. The summed E-state index contributed by atoms with van der Waals surface area (Å²) in [4.78, 5) is 0. The van der Waals surface area contributed by atoms with Gasteiger partial charge in [0.25, 0.3) is 0 Å². The van der Waals surface area contributed by atoms with Gasteiger partial charge in [0.2, 0.25) is 0 Å². The van der Waals surface area contributed by atoms with E-state index in [1.54, 1.807) is 12.1 Å². The molecule has 0 unspecified atom stereocenters. The Morgan fingerprint density at radius 1 is 1.11 bits per heavy atom. The van der Waals surface area contributed by atoms with Crippen molar-refractivity contribution in [3.05, 3.63) is 27.2 Å². The Morgan fingerprint density at radius 2 is 1.61 bits per heavy atom. The maximum atomic E-state index is 6.03. The number of nitrogens with one attached hydrogen (secondary N) is 3. The van der Waals surface area contributed by atoms with Crippen LogP contribution in [0.25, 0.3) is 0 Å². The van der Waals surface area contributed by atoms with Gasteiger partial charge >= 0.3 is 0 Å². The average Bonchev–Trinajstić information content (AvgIpc) is 2.19. The van der Waals surface area contributed by atoms with E-state index in [4.69, 9.17) is 47.0 Å². The fourth-order valence-corrected chi connectivity index (χ4v) is 2.12. The second-order valence-electron chi connectivity index (χ2n) is 4.70. The Labute approximate surface area is 127 Å². The molecular formula is C11H14Cl3N3S. The molecule has 1 rings (SSSR count). The van der Waals surface area contributed by atoms with Crippen LogP contribution in [0.3, 0.4) is 0 Å². The van der Waals surface area contributed by atoms with Gasteiger partial charge in [-0.15, -0.1) is 0 Å². The van der Waals surface area contributed by atoms with Gasteiger partial charge in [-0.1, -0.05) is 34.8 Å². The third-order valence-corrected chi connectivity index (χ3v) is 2.81. The lowest BCUT2D eigenvalue weighted by Crippen LogP contribution is -2.50. The van der Waals surface area contributed by atoms with Gasteiger partial charge in [0.1, 0.15) is 0 Å². The minimum absolute atomic E-state index is 0.112. The van der Waals surface area contributed by atoms with E-state index in [0.29, 0.717) is 25.9 Å². The molecule has 0 fully saturated rings. The Kier molecular flexibility index (Phi) is 5.49. The molecule has 1 aromatic carbocycles. The summed E-state index contributed by atoms with van der Waals surface area (Å²) in [5, 5.41) is 4.58. The monoisotopic (exact) mass is 325 g/mol. The number of rotatable bonds is 2. The van der Waals surface area contributed by atoms with Crippen LogP contribution in [0.4, 0.5) is 5.69 Å². The summed E-state index contributed by atoms with van der Waals surface area (Å²) in [5.41, 5.74) is 6.30. The highest BCUT2D eigenvalue weighted by atomic mass is 35.5. The normalized spacial score (nSPS) is 11.2. The van der Waals surface area contributed by atoms with Crippen molar-refractivity contribution in [1.82, 2.24) is 10.9 Å². The second kappa shape index (κ2) is 6.26. The van der Waals surface area contributed by atoms with Crippen molar-refractivity contribution in [3.8, 4) is 0 Å². The van der Waals surface area contributed by atoms with Crippen LogP contribution < -0.4 is 16.2 Å². The Bertz CT molecular complexity index is 434. The van der Waals surface area contributed by atoms with Gasteiger partial charge in [-0.25, -0.2) is 5.43 Å². The topological polar surface area (TPSA) is 36.1 Å². The lowest BCUT2D eigenvalue weighted by atomic mass is 10.1. The maximum Gasteiger partial charge on any atom is 0.185 e. The summed E-state index contributed by atoms with van der Waals surface area (Å²) in [6.45, 7) is 6.01. The number of benzene rings is 1. The van der Waals surface area contributed by atoms with Gasteiger partial charge in [-0.05, 0) is 45.1 Å². The average molecular weight is 327 g/mol. The summed E-state index contributed by atoms with van der Waals surface area (Å²) in [6, 6.07) is 3.19. The third kappa shape index (κ3) is 5.16. The molecule has 1 aromatic rings. The van der Waals surface area contributed by atoms with E-state index >= 15 is 0 Å². The number of hydrazine groups is 1. The highest BCUT2D eigenvalue weighted by Crippen LogP contribution is 2.33. The largest absolute Gasteiger partial charge is 0.329 e. The summed E-state index contributed by atoms with van der Waals surface area (Å²) < 4.78 is 0. The Morgan fingerprint density at radius 3 is 2.06 bits per heavy atom. The smallest absolute Gasteiger partial charge is 0.185 e. The SMILES string of the molecule is CC(C)(C)NNC(=S)Nc1c(Cl)cc(Cl)cc1Cl. The first-order valence-corrected chi connectivity index (χ1v) is 6.72. The lowest BCUT2D eigenvalue weighted by molar-refractivity contribution is 0.405. The number of anilines is 1. The first kappa shape index (κ1) is 15.8. The number of hydrogen-bond donors (Lipinski definition) is 3. The van der Waals surface area contributed by atoms with Crippen LogP contribution >= 0.6 is 47.0 Å². The molecule has 0 aliphatic rings. The van der Waals surface area contributed by atoms with Crippen LogP contribution in [0.2, 0.25) is 15.1 Å². The van der Waals surface area contributed by atoms with Crippen molar-refractivity contribution < 1.29 is 0 Å². The minimum atomic E-state index is -0.112. The molecule has 0 bridgehead atoms. The fourth-order valence-electron chi connectivity index (χ4n) is 1.05. The van der Waals surface area contributed by atoms with Crippen LogP contribution in [-0.4, -0.2) is 10.7 Å². The molecule has 0 saturated heterocycles. The zero-order chi connectivity index (χ0) is 13.9. The first-order valence-electron chi connectivity index (χ1n) is 5.18. The lowest BCUT2D eigenvalue weighted by Gasteiger charge is -2.22. The molecule has 100 valence electrons. The molecule has 18 heavy (non-hydrogen) atoms. The van der Waals surface area contributed by atoms with Crippen molar-refractivity contribution in [2.75, 3.05) is 5.32 Å². The molecule has 3 N–H and O–H groups in total. The van der Waals surface area contributed by atoms with Crippen molar-refractivity contribution in [3.63, 3.8) is 0 Å². The fraction of sp³-hybridized carbons (Fsp3) is 0.364. The van der Waals surface area contributed by atoms with E-state index in [0.717, 1.165) is 0 Å². The highest BCUT2D eigenvalue weighted by molar-refractivity contribution is 7.80. The predicted molar refractivity (Wildman–Crippen MR) is 83.7 cm³/mol. The minimum Gasteiger partial charge on any atom is -0.329 e. The maximum absolute atomic E-state index is 6.03. The van der Waals surface area contributed by atoms with E-state index < -0.39 is 0 Å². The van der Waals surface area contributed by atoms with Crippen LogP contribution in [0.15, 0.2) is 12.1 Å². The molecule has 0 amide bonds. The van der Waals surface area contributed by atoms with Crippen LogP contribution in [0, 0.1) is 0 Å². The zero-order valence-corrected chi connectivity index (χ0v) is 13.3. The standard InChI is InChI=1S/C11H14Cl3N3S/c1-11(2,3)17-16-10(18)15-9-7(13)4-6(12)5-8(9)14/h4-5,17H,1-3H3,(H2,15,16,18). The van der Waals surface area contributed by atoms with Crippen LogP contribution in [-0.2, 0) is 0 Å². The number of halogens is 3. The molecule has 7 heteroatoms. The molecule has 0 aliphatic carbocycles. The molecule has 0 spiro atoms. The number of thiocarbonyl (C=S) groups is 1. The molecule has 0 radical (unpaired) electrons. The molecule has 0 heterocycles. The van der Waals surface area contributed by atoms with E-state index in [9.17, 15) is 0 Å². The van der Waals surface area contributed by atoms with Crippen molar-refractivity contribution in [1.29, 1.82) is 0 Å². The van der Waals surface area contributed by atoms with E-state index in [-0.39, 0.29) is 5.54 Å². The van der Waals surface area contributed by atoms with Gasteiger partial charge in [0, 0.05) is 10.6 Å². The van der Waals surface area contributed by atoms with Gasteiger partial charge < -0.3 is 5.32 Å². The summed E-state index contributed by atoms with van der Waals surface area (Å²) in [6.07, 6.45) is 0. The molecular weight excluding hydrogens is 313 g/mol. The Balaban J connectivity index is 2.71. The number of hydrogen-bond acceptors (Lipinski definition) is 2. The van der Waals surface area contributed by atoms with Crippen molar-refractivity contribution in [2.45, 2.75) is 26.3 Å². The second-order valence-corrected chi connectivity index (χ2v) is 6.36. The Hall–Kier alpha value is -0.260. The van der Waals surface area contributed by atoms with Gasteiger partial charge in [-0.3, -0.25) is 5.43 Å². The van der Waals surface area contributed by atoms with Crippen molar-refractivity contribution >= 4 is 57.8 Å². The van der Waals surface area contributed by atoms with Crippen molar-refractivity contribution in [2.24, 2.45) is 0 Å². The summed E-state index contributed by atoms with van der Waals surface area (Å²) in [5.74, 6) is 0. The van der Waals surface area contributed by atoms with E-state index in [2.05, 4.69) is 16.2 Å². The first-order chi connectivity index (χ1) is 8.19. The summed E-state index contributed by atoms with van der Waals surface area (Å²) >= 11 is 23.0. The van der Waals surface area contributed by atoms with E-state index in [1.165, 1.54) is 0 Å². The predicted octanol–water partition coefficient (Wildman–Crippen LogP) is 4.24. The van der Waals surface area contributed by atoms with Gasteiger partial charge in [0.05, 0.1) is 15.7 Å². The van der Waals surface area contributed by atoms with Gasteiger partial charge in [-0.2, -0.15) is 0 Å².